The van der Waals surface area contributed by atoms with Crippen molar-refractivity contribution in [2.75, 3.05) is 13.2 Å². The average Bonchev–Trinajstić information content (AvgIpc) is 2.60. The van der Waals surface area contributed by atoms with Crippen molar-refractivity contribution in [3.05, 3.63) is 84.4 Å². The van der Waals surface area contributed by atoms with Gasteiger partial charge in [-0.3, -0.25) is 9.69 Å². The van der Waals surface area contributed by atoms with Crippen LogP contribution in [0.2, 0.25) is 0 Å². The fraction of sp³-hybridized carbons (Fsp3) is 0.286. The van der Waals surface area contributed by atoms with Gasteiger partial charge in [0.05, 0.1) is 12.6 Å². The van der Waals surface area contributed by atoms with Gasteiger partial charge in [0.15, 0.2) is 0 Å². The summed E-state index contributed by atoms with van der Waals surface area (Å²) in [6.07, 6.45) is 1.87. The molecule has 1 aliphatic heterocycles. The van der Waals surface area contributed by atoms with Gasteiger partial charge >= 0.3 is 5.97 Å². The summed E-state index contributed by atoms with van der Waals surface area (Å²) in [6, 6.07) is 20.4. The number of ether oxygens (including phenoxy) is 1. The van der Waals surface area contributed by atoms with E-state index < -0.39 is 0 Å². The van der Waals surface area contributed by atoms with Crippen molar-refractivity contribution in [3.8, 4) is 0 Å². The molecule has 3 heteroatoms. The maximum Gasteiger partial charge on any atom is 0.324 e. The molecule has 24 heavy (non-hydrogen) atoms. The summed E-state index contributed by atoms with van der Waals surface area (Å²) in [7, 11) is 0. The van der Waals surface area contributed by atoms with Crippen molar-refractivity contribution in [2.24, 2.45) is 5.92 Å². The molecule has 3 rings (SSSR count). The van der Waals surface area contributed by atoms with Gasteiger partial charge in [-0.25, -0.2) is 0 Å². The lowest BCUT2D eigenvalue weighted by molar-refractivity contribution is -0.159. The topological polar surface area (TPSA) is 29.5 Å². The molecular formula is C21H23NO2. The number of nitrogens with zero attached hydrogens (tertiary/aromatic N) is 1. The number of esters is 1. The van der Waals surface area contributed by atoms with E-state index in [0.717, 1.165) is 6.54 Å². The molecule has 3 nitrogen and oxygen atoms in total. The molecule has 0 saturated carbocycles. The standard InChI is InChI=1S/C21H23NO2/c1-3-16-15-22(20(16)21(23)24-4-2)19(17-11-7-5-8-12-17)18-13-9-6-10-14-18/h3,5-14,16,19-20H,1,4,15H2,2H3. The summed E-state index contributed by atoms with van der Waals surface area (Å²) >= 11 is 0. The maximum atomic E-state index is 12.5. The van der Waals surface area contributed by atoms with Gasteiger partial charge in [0.1, 0.15) is 6.04 Å². The summed E-state index contributed by atoms with van der Waals surface area (Å²) < 4.78 is 5.30. The molecule has 1 saturated heterocycles. The highest BCUT2D eigenvalue weighted by molar-refractivity contribution is 5.78. The molecule has 0 N–H and O–H groups in total. The van der Waals surface area contributed by atoms with E-state index in [0.29, 0.717) is 6.61 Å². The number of hydrogen-bond acceptors (Lipinski definition) is 3. The predicted molar refractivity (Wildman–Crippen MR) is 95.5 cm³/mol. The van der Waals surface area contributed by atoms with Crippen LogP contribution in [0.15, 0.2) is 73.3 Å². The van der Waals surface area contributed by atoms with Crippen molar-refractivity contribution in [1.82, 2.24) is 4.90 Å². The third-order valence-electron chi connectivity index (χ3n) is 4.58. The second-order valence-corrected chi connectivity index (χ2v) is 6.02. The largest absolute Gasteiger partial charge is 0.465 e. The van der Waals surface area contributed by atoms with Crippen LogP contribution in [-0.2, 0) is 9.53 Å². The smallest absolute Gasteiger partial charge is 0.324 e. The van der Waals surface area contributed by atoms with E-state index in [4.69, 9.17) is 4.74 Å². The Balaban J connectivity index is 1.97. The monoisotopic (exact) mass is 321 g/mol. The van der Waals surface area contributed by atoms with Crippen molar-refractivity contribution >= 4 is 5.97 Å². The molecular weight excluding hydrogens is 298 g/mol. The van der Waals surface area contributed by atoms with Gasteiger partial charge in [0, 0.05) is 12.5 Å². The van der Waals surface area contributed by atoms with Crippen LogP contribution in [0.3, 0.4) is 0 Å². The Kier molecular flexibility index (Phi) is 5.11. The predicted octanol–water partition coefficient (Wildman–Crippen LogP) is 3.83. The Morgan fingerprint density at radius 3 is 2.17 bits per heavy atom. The van der Waals surface area contributed by atoms with Crippen LogP contribution in [-0.4, -0.2) is 30.1 Å². The first-order valence-electron chi connectivity index (χ1n) is 8.41. The molecule has 0 spiro atoms. The lowest BCUT2D eigenvalue weighted by Crippen LogP contribution is -2.61. The van der Waals surface area contributed by atoms with Crippen LogP contribution in [0.1, 0.15) is 24.1 Å². The molecule has 124 valence electrons. The van der Waals surface area contributed by atoms with Gasteiger partial charge in [-0.1, -0.05) is 66.7 Å². The SMILES string of the molecule is C=CC1CN(C(c2ccccc2)c2ccccc2)C1C(=O)OCC. The zero-order chi connectivity index (χ0) is 16.9. The minimum atomic E-state index is -0.270. The molecule has 0 radical (unpaired) electrons. The molecule has 2 aromatic carbocycles. The van der Waals surface area contributed by atoms with Gasteiger partial charge in [0.2, 0.25) is 0 Å². The lowest BCUT2D eigenvalue weighted by Gasteiger charge is -2.49. The van der Waals surface area contributed by atoms with E-state index in [1.54, 1.807) is 0 Å². The summed E-state index contributed by atoms with van der Waals surface area (Å²) in [5, 5.41) is 0. The first kappa shape index (κ1) is 16.5. The molecule has 0 bridgehead atoms. The fourth-order valence-electron chi connectivity index (χ4n) is 3.42. The van der Waals surface area contributed by atoms with Crippen LogP contribution in [0.5, 0.6) is 0 Å². The highest BCUT2D eigenvalue weighted by Gasteiger charge is 2.47. The Hall–Kier alpha value is -2.39. The van der Waals surface area contributed by atoms with E-state index in [1.165, 1.54) is 11.1 Å². The second kappa shape index (κ2) is 7.45. The van der Waals surface area contributed by atoms with Crippen molar-refractivity contribution in [1.29, 1.82) is 0 Å². The molecule has 1 heterocycles. The van der Waals surface area contributed by atoms with Crippen LogP contribution in [0.25, 0.3) is 0 Å². The van der Waals surface area contributed by atoms with Crippen molar-refractivity contribution < 1.29 is 9.53 Å². The summed E-state index contributed by atoms with van der Waals surface area (Å²) in [5.41, 5.74) is 2.36. The molecule has 1 fully saturated rings. The Morgan fingerprint density at radius 1 is 1.17 bits per heavy atom. The molecule has 2 unspecified atom stereocenters. The zero-order valence-electron chi connectivity index (χ0n) is 14.0. The van der Waals surface area contributed by atoms with Crippen molar-refractivity contribution in [2.45, 2.75) is 19.0 Å². The summed E-state index contributed by atoms with van der Waals surface area (Å²) in [5.74, 6) is -0.0236. The van der Waals surface area contributed by atoms with Crippen LogP contribution in [0.4, 0.5) is 0 Å². The van der Waals surface area contributed by atoms with E-state index in [-0.39, 0.29) is 24.0 Å². The fourth-order valence-corrected chi connectivity index (χ4v) is 3.42. The van der Waals surface area contributed by atoms with E-state index in [1.807, 2.05) is 49.4 Å². The highest BCUT2D eigenvalue weighted by Crippen LogP contribution is 2.39. The van der Waals surface area contributed by atoms with E-state index >= 15 is 0 Å². The second-order valence-electron chi connectivity index (χ2n) is 6.02. The van der Waals surface area contributed by atoms with E-state index in [9.17, 15) is 4.79 Å². The Morgan fingerprint density at radius 2 is 1.71 bits per heavy atom. The first-order valence-corrected chi connectivity index (χ1v) is 8.41. The minimum Gasteiger partial charge on any atom is -0.465 e. The maximum absolute atomic E-state index is 12.5. The Labute approximate surface area is 143 Å². The average molecular weight is 321 g/mol. The van der Waals surface area contributed by atoms with Gasteiger partial charge in [0.25, 0.3) is 0 Å². The highest BCUT2D eigenvalue weighted by atomic mass is 16.5. The number of likely N-dealkylation sites (tertiary alicyclic amines) is 1. The van der Waals surface area contributed by atoms with Crippen LogP contribution in [0, 0.1) is 5.92 Å². The molecule has 0 amide bonds. The molecule has 2 aromatic rings. The quantitative estimate of drug-likeness (QED) is 0.598. The summed E-state index contributed by atoms with van der Waals surface area (Å²) in [6.45, 7) is 6.93. The summed E-state index contributed by atoms with van der Waals surface area (Å²) in [4.78, 5) is 14.7. The number of carbonyl (C=O) groups excluding carboxylic acids is 1. The molecule has 0 aromatic heterocycles. The molecule has 2 atom stereocenters. The Bertz CT molecular complexity index is 644. The van der Waals surface area contributed by atoms with Crippen LogP contribution >= 0.6 is 0 Å². The number of carbonyl (C=O) groups is 1. The van der Waals surface area contributed by atoms with Gasteiger partial charge in [-0.2, -0.15) is 0 Å². The van der Waals surface area contributed by atoms with Gasteiger partial charge in [-0.15, -0.1) is 6.58 Å². The minimum absolute atomic E-state index is 0.0398. The van der Waals surface area contributed by atoms with Crippen LogP contribution < -0.4 is 0 Å². The third-order valence-corrected chi connectivity index (χ3v) is 4.58. The molecule has 0 aliphatic carbocycles. The van der Waals surface area contributed by atoms with Crippen molar-refractivity contribution in [3.63, 3.8) is 0 Å². The van der Waals surface area contributed by atoms with Gasteiger partial charge in [-0.05, 0) is 18.1 Å². The normalized spacial score (nSPS) is 20.4. The van der Waals surface area contributed by atoms with E-state index in [2.05, 4.69) is 35.7 Å². The molecule has 1 aliphatic rings. The lowest BCUT2D eigenvalue weighted by atomic mass is 9.83. The van der Waals surface area contributed by atoms with Gasteiger partial charge < -0.3 is 4.74 Å². The third kappa shape index (κ3) is 3.13. The zero-order valence-corrected chi connectivity index (χ0v) is 14.0. The first-order chi connectivity index (χ1) is 11.8. The number of hydrogen-bond donors (Lipinski definition) is 0. The number of benzene rings is 2. The number of rotatable bonds is 6.